The Kier molecular flexibility index (Phi) is 4.78. The van der Waals surface area contributed by atoms with Gasteiger partial charge in [-0.3, -0.25) is 4.79 Å². The van der Waals surface area contributed by atoms with E-state index in [0.717, 1.165) is 0 Å². The van der Waals surface area contributed by atoms with Crippen LogP contribution in [-0.4, -0.2) is 38.9 Å². The summed E-state index contributed by atoms with van der Waals surface area (Å²) in [4.78, 5) is 11.2. The minimum Gasteiger partial charge on any atom is -0.497 e. The summed E-state index contributed by atoms with van der Waals surface area (Å²) in [5.74, 6) is -0.396. The number of benzene rings is 1. The van der Waals surface area contributed by atoms with Gasteiger partial charge in [-0.05, 0) is 25.2 Å². The molecule has 0 aliphatic rings. The van der Waals surface area contributed by atoms with Gasteiger partial charge in [-0.2, -0.15) is 0 Å². The fourth-order valence-electron chi connectivity index (χ4n) is 1.65. The maximum Gasteiger partial charge on any atom is 0.312 e. The largest absolute Gasteiger partial charge is 0.497 e. The third kappa shape index (κ3) is 3.10. The maximum absolute atomic E-state index is 11.2. The van der Waals surface area contributed by atoms with Crippen molar-refractivity contribution in [3.05, 3.63) is 23.8 Å². The number of carboxylic acid groups (broad SMARTS) is 1. The van der Waals surface area contributed by atoms with E-state index in [1.165, 1.54) is 7.11 Å². The lowest BCUT2D eigenvalue weighted by Gasteiger charge is -2.16. The first-order valence-corrected chi connectivity index (χ1v) is 5.23. The predicted octanol–water partition coefficient (Wildman–Crippen LogP) is 1.09. The van der Waals surface area contributed by atoms with Crippen LogP contribution in [0.25, 0.3) is 0 Å². The number of hydrogen-bond donors (Lipinski definition) is 2. The highest BCUT2D eigenvalue weighted by Crippen LogP contribution is 2.30. The molecule has 0 aliphatic carbocycles. The van der Waals surface area contributed by atoms with E-state index in [1.54, 1.807) is 32.4 Å². The first kappa shape index (κ1) is 13.3. The van der Waals surface area contributed by atoms with E-state index in [9.17, 15) is 9.90 Å². The molecule has 0 aromatic heterocycles. The molecule has 0 spiro atoms. The summed E-state index contributed by atoms with van der Waals surface area (Å²) < 4.78 is 10.3. The van der Waals surface area contributed by atoms with Crippen molar-refractivity contribution < 1.29 is 19.4 Å². The van der Waals surface area contributed by atoms with Gasteiger partial charge in [0.15, 0.2) is 0 Å². The van der Waals surface area contributed by atoms with Crippen LogP contribution >= 0.6 is 0 Å². The number of aliphatic carboxylic acids is 1. The molecule has 0 saturated heterocycles. The fourth-order valence-corrected chi connectivity index (χ4v) is 1.65. The van der Waals surface area contributed by atoms with Crippen LogP contribution in [0.1, 0.15) is 11.5 Å². The zero-order chi connectivity index (χ0) is 12.8. The second kappa shape index (κ2) is 6.10. The molecular formula is C12H17NO4. The number of nitrogens with one attached hydrogen (secondary N) is 1. The van der Waals surface area contributed by atoms with Gasteiger partial charge in [0.05, 0.1) is 20.1 Å². The van der Waals surface area contributed by atoms with Crippen molar-refractivity contribution in [2.45, 2.75) is 5.92 Å². The van der Waals surface area contributed by atoms with Crippen molar-refractivity contribution in [2.75, 3.05) is 27.8 Å². The Balaban J connectivity index is 3.18. The molecule has 17 heavy (non-hydrogen) atoms. The Morgan fingerprint density at radius 3 is 2.59 bits per heavy atom. The lowest BCUT2D eigenvalue weighted by atomic mass is 9.98. The monoisotopic (exact) mass is 239 g/mol. The van der Waals surface area contributed by atoms with Crippen molar-refractivity contribution >= 4 is 5.97 Å². The van der Waals surface area contributed by atoms with Crippen LogP contribution in [-0.2, 0) is 4.79 Å². The third-order valence-corrected chi connectivity index (χ3v) is 2.52. The number of likely N-dealkylation sites (N-methyl/N-ethyl adjacent to an activating group) is 1. The van der Waals surface area contributed by atoms with Crippen LogP contribution < -0.4 is 14.8 Å². The molecule has 0 bridgehead atoms. The molecule has 2 N–H and O–H groups in total. The van der Waals surface area contributed by atoms with E-state index in [1.807, 2.05) is 0 Å². The van der Waals surface area contributed by atoms with Crippen LogP contribution in [0.5, 0.6) is 11.5 Å². The highest BCUT2D eigenvalue weighted by Gasteiger charge is 2.23. The Hall–Kier alpha value is -1.75. The van der Waals surface area contributed by atoms with Gasteiger partial charge >= 0.3 is 5.97 Å². The summed E-state index contributed by atoms with van der Waals surface area (Å²) in [6, 6.07) is 5.13. The molecule has 1 rings (SSSR count). The fraction of sp³-hybridized carbons (Fsp3) is 0.417. The molecule has 5 heteroatoms. The Bertz CT molecular complexity index is 392. The summed E-state index contributed by atoms with van der Waals surface area (Å²) in [6.07, 6.45) is 0. The summed E-state index contributed by atoms with van der Waals surface area (Å²) >= 11 is 0. The van der Waals surface area contributed by atoms with Crippen LogP contribution in [0, 0.1) is 0 Å². The normalized spacial score (nSPS) is 11.9. The first-order valence-electron chi connectivity index (χ1n) is 5.23. The SMILES string of the molecule is CNCC(C(=O)O)c1cc(OC)ccc1OC. The minimum absolute atomic E-state index is 0.332. The first-order chi connectivity index (χ1) is 8.13. The average molecular weight is 239 g/mol. The number of hydrogen-bond acceptors (Lipinski definition) is 4. The number of methoxy groups -OCH3 is 2. The van der Waals surface area contributed by atoms with Crippen molar-refractivity contribution in [1.82, 2.24) is 5.32 Å². The highest BCUT2D eigenvalue weighted by atomic mass is 16.5. The van der Waals surface area contributed by atoms with Crippen LogP contribution in [0.2, 0.25) is 0 Å². The number of ether oxygens (including phenoxy) is 2. The minimum atomic E-state index is -0.897. The van der Waals surface area contributed by atoms with E-state index in [0.29, 0.717) is 23.6 Å². The van der Waals surface area contributed by atoms with E-state index in [-0.39, 0.29) is 0 Å². The quantitative estimate of drug-likeness (QED) is 0.777. The molecule has 0 saturated carbocycles. The zero-order valence-electron chi connectivity index (χ0n) is 10.2. The molecule has 0 fully saturated rings. The van der Waals surface area contributed by atoms with Crippen LogP contribution in [0.3, 0.4) is 0 Å². The summed E-state index contributed by atoms with van der Waals surface area (Å²) in [5, 5.41) is 12.1. The summed E-state index contributed by atoms with van der Waals surface area (Å²) in [7, 11) is 4.77. The van der Waals surface area contributed by atoms with Crippen molar-refractivity contribution in [3.8, 4) is 11.5 Å². The van der Waals surface area contributed by atoms with E-state index < -0.39 is 11.9 Å². The standard InChI is InChI=1S/C12H17NO4/c1-13-7-10(12(14)15)9-6-8(16-2)4-5-11(9)17-3/h4-6,10,13H,7H2,1-3H3,(H,14,15). The second-order valence-corrected chi connectivity index (χ2v) is 3.56. The number of carbonyl (C=O) groups is 1. The van der Waals surface area contributed by atoms with E-state index in [2.05, 4.69) is 5.32 Å². The van der Waals surface area contributed by atoms with Gasteiger partial charge in [-0.25, -0.2) is 0 Å². The van der Waals surface area contributed by atoms with Crippen molar-refractivity contribution in [1.29, 1.82) is 0 Å². The zero-order valence-corrected chi connectivity index (χ0v) is 10.2. The summed E-state index contributed by atoms with van der Waals surface area (Å²) in [5.41, 5.74) is 0.605. The third-order valence-electron chi connectivity index (χ3n) is 2.52. The smallest absolute Gasteiger partial charge is 0.312 e. The van der Waals surface area contributed by atoms with Gasteiger partial charge < -0.3 is 19.9 Å². The lowest BCUT2D eigenvalue weighted by molar-refractivity contribution is -0.138. The lowest BCUT2D eigenvalue weighted by Crippen LogP contribution is -2.24. The van der Waals surface area contributed by atoms with Crippen molar-refractivity contribution in [3.63, 3.8) is 0 Å². The molecule has 0 heterocycles. The molecule has 0 amide bonds. The van der Waals surface area contributed by atoms with Gasteiger partial charge in [0, 0.05) is 12.1 Å². The second-order valence-electron chi connectivity index (χ2n) is 3.56. The number of carboxylic acids is 1. The van der Waals surface area contributed by atoms with Crippen molar-refractivity contribution in [2.24, 2.45) is 0 Å². The molecule has 1 unspecified atom stereocenters. The topological polar surface area (TPSA) is 67.8 Å². The molecule has 0 radical (unpaired) electrons. The molecule has 94 valence electrons. The summed E-state index contributed by atoms with van der Waals surface area (Å²) in [6.45, 7) is 0.332. The van der Waals surface area contributed by atoms with E-state index in [4.69, 9.17) is 9.47 Å². The van der Waals surface area contributed by atoms with Crippen LogP contribution in [0.4, 0.5) is 0 Å². The molecule has 1 aromatic carbocycles. The predicted molar refractivity (Wildman–Crippen MR) is 63.8 cm³/mol. The van der Waals surface area contributed by atoms with Gasteiger partial charge in [-0.15, -0.1) is 0 Å². The Labute approximate surface area is 100 Å². The molecule has 1 atom stereocenters. The van der Waals surface area contributed by atoms with Crippen LogP contribution in [0.15, 0.2) is 18.2 Å². The van der Waals surface area contributed by atoms with Gasteiger partial charge in [0.2, 0.25) is 0 Å². The van der Waals surface area contributed by atoms with Gasteiger partial charge in [-0.1, -0.05) is 0 Å². The molecule has 5 nitrogen and oxygen atoms in total. The maximum atomic E-state index is 11.2. The molecule has 0 aliphatic heterocycles. The molecular weight excluding hydrogens is 222 g/mol. The van der Waals surface area contributed by atoms with Gasteiger partial charge in [0.1, 0.15) is 11.5 Å². The highest BCUT2D eigenvalue weighted by molar-refractivity contribution is 5.77. The Morgan fingerprint density at radius 2 is 2.12 bits per heavy atom. The molecule has 1 aromatic rings. The average Bonchev–Trinajstić information content (AvgIpc) is 2.34. The number of rotatable bonds is 6. The van der Waals surface area contributed by atoms with Gasteiger partial charge in [0.25, 0.3) is 0 Å². The Morgan fingerprint density at radius 1 is 1.41 bits per heavy atom. The van der Waals surface area contributed by atoms with E-state index >= 15 is 0 Å².